The molecule has 1 aromatic heterocycles. The first-order chi connectivity index (χ1) is 12.6. The van der Waals surface area contributed by atoms with Crippen molar-refractivity contribution in [3.8, 4) is 11.3 Å². The molecule has 0 aliphatic heterocycles. The van der Waals surface area contributed by atoms with Crippen molar-refractivity contribution in [1.29, 1.82) is 0 Å². The molecule has 0 spiro atoms. The molecule has 1 heterocycles. The lowest BCUT2D eigenvalue weighted by Crippen LogP contribution is -2.31. The monoisotopic (exact) mass is 383 g/mol. The molecule has 132 valence electrons. The zero-order valence-electron chi connectivity index (χ0n) is 14.2. The van der Waals surface area contributed by atoms with E-state index in [1.165, 1.54) is 0 Å². The van der Waals surface area contributed by atoms with Crippen LogP contribution < -0.4 is 10.7 Å². The number of rotatable bonds is 5. The molecule has 0 saturated heterocycles. The molecule has 0 aliphatic carbocycles. The van der Waals surface area contributed by atoms with Crippen LogP contribution in [0.5, 0.6) is 0 Å². The van der Waals surface area contributed by atoms with Gasteiger partial charge in [0.25, 0.3) is 0 Å². The van der Waals surface area contributed by atoms with Crippen molar-refractivity contribution in [3.63, 3.8) is 0 Å². The minimum absolute atomic E-state index is 0.446. The standard InChI is InChI=1S/C20H18ClN3OS/c1-14-7-8-16(11-18(14)21)19-10-9-17(25-19)13-23-24-20(26)22-12-15-5-3-2-4-6-15/h2-11,13H,12H2,1H3,(H2,22,24,26)/b23-13+. The van der Waals surface area contributed by atoms with E-state index in [0.29, 0.717) is 22.4 Å². The lowest BCUT2D eigenvalue weighted by Gasteiger charge is -2.06. The van der Waals surface area contributed by atoms with E-state index in [1.54, 1.807) is 6.21 Å². The van der Waals surface area contributed by atoms with Gasteiger partial charge in [0.1, 0.15) is 11.5 Å². The largest absolute Gasteiger partial charge is 0.455 e. The number of thiocarbonyl (C=S) groups is 1. The highest BCUT2D eigenvalue weighted by molar-refractivity contribution is 7.80. The zero-order valence-corrected chi connectivity index (χ0v) is 15.8. The van der Waals surface area contributed by atoms with Crippen molar-refractivity contribution >= 4 is 35.1 Å². The number of hydrogen-bond donors (Lipinski definition) is 2. The number of hydrogen-bond acceptors (Lipinski definition) is 3. The Morgan fingerprint density at radius 2 is 1.96 bits per heavy atom. The topological polar surface area (TPSA) is 49.6 Å². The van der Waals surface area contributed by atoms with Crippen LogP contribution in [-0.4, -0.2) is 11.3 Å². The zero-order chi connectivity index (χ0) is 18.4. The van der Waals surface area contributed by atoms with Crippen molar-refractivity contribution in [2.24, 2.45) is 5.10 Å². The van der Waals surface area contributed by atoms with Gasteiger partial charge < -0.3 is 9.73 Å². The fraction of sp³-hybridized carbons (Fsp3) is 0.100. The average molecular weight is 384 g/mol. The summed E-state index contributed by atoms with van der Waals surface area (Å²) in [5.74, 6) is 1.35. The van der Waals surface area contributed by atoms with Crippen molar-refractivity contribution in [3.05, 3.63) is 82.6 Å². The van der Waals surface area contributed by atoms with Crippen LogP contribution in [0.2, 0.25) is 5.02 Å². The smallest absolute Gasteiger partial charge is 0.187 e. The molecule has 0 aliphatic rings. The highest BCUT2D eigenvalue weighted by Gasteiger charge is 2.05. The minimum atomic E-state index is 0.446. The third kappa shape index (κ3) is 4.94. The molecule has 26 heavy (non-hydrogen) atoms. The maximum atomic E-state index is 6.16. The van der Waals surface area contributed by atoms with Gasteiger partial charge in [-0.15, -0.1) is 0 Å². The van der Waals surface area contributed by atoms with E-state index >= 15 is 0 Å². The molecule has 6 heteroatoms. The summed E-state index contributed by atoms with van der Waals surface area (Å²) in [6.45, 7) is 2.61. The summed E-state index contributed by atoms with van der Waals surface area (Å²) in [5, 5.41) is 8.34. The Morgan fingerprint density at radius 1 is 1.15 bits per heavy atom. The summed E-state index contributed by atoms with van der Waals surface area (Å²) in [5.41, 5.74) is 5.88. The highest BCUT2D eigenvalue weighted by Crippen LogP contribution is 2.26. The van der Waals surface area contributed by atoms with Crippen LogP contribution in [0, 0.1) is 6.92 Å². The lowest BCUT2D eigenvalue weighted by atomic mass is 10.1. The highest BCUT2D eigenvalue weighted by atomic mass is 35.5. The van der Waals surface area contributed by atoms with Gasteiger partial charge in [-0.05, 0) is 48.5 Å². The predicted molar refractivity (Wildman–Crippen MR) is 111 cm³/mol. The summed E-state index contributed by atoms with van der Waals surface area (Å²) in [7, 11) is 0. The Kier molecular flexibility index (Phi) is 6.04. The third-order valence-corrected chi connectivity index (χ3v) is 4.38. The van der Waals surface area contributed by atoms with E-state index in [1.807, 2.05) is 67.6 Å². The maximum Gasteiger partial charge on any atom is 0.187 e. The molecule has 0 fully saturated rings. The molecule has 0 saturated carbocycles. The van der Waals surface area contributed by atoms with Crippen molar-refractivity contribution in [2.45, 2.75) is 13.5 Å². The van der Waals surface area contributed by atoms with E-state index < -0.39 is 0 Å². The lowest BCUT2D eigenvalue weighted by molar-refractivity contribution is 0.574. The molecule has 0 atom stereocenters. The van der Waals surface area contributed by atoms with Gasteiger partial charge in [-0.3, -0.25) is 5.43 Å². The average Bonchev–Trinajstić information content (AvgIpc) is 3.12. The Hall–Kier alpha value is -2.63. The third-order valence-electron chi connectivity index (χ3n) is 3.74. The molecule has 3 rings (SSSR count). The number of furan rings is 1. The number of nitrogens with zero attached hydrogens (tertiary/aromatic N) is 1. The van der Waals surface area contributed by atoms with E-state index in [0.717, 1.165) is 22.5 Å². The maximum absolute atomic E-state index is 6.16. The SMILES string of the molecule is Cc1ccc(-c2ccc(/C=N/NC(=S)NCc3ccccc3)o2)cc1Cl. The van der Waals surface area contributed by atoms with Gasteiger partial charge in [-0.2, -0.15) is 5.10 Å². The van der Waals surface area contributed by atoms with Gasteiger partial charge in [0.05, 0.1) is 6.21 Å². The summed E-state index contributed by atoms with van der Waals surface area (Å²) < 4.78 is 5.76. The number of benzene rings is 2. The second-order valence-corrected chi connectivity index (χ2v) is 6.52. The Balaban J connectivity index is 1.53. The van der Waals surface area contributed by atoms with Crippen LogP contribution in [0.3, 0.4) is 0 Å². The van der Waals surface area contributed by atoms with Gasteiger partial charge >= 0.3 is 0 Å². The van der Waals surface area contributed by atoms with Crippen molar-refractivity contribution in [1.82, 2.24) is 10.7 Å². The molecule has 3 aromatic rings. The molecular weight excluding hydrogens is 366 g/mol. The molecule has 4 nitrogen and oxygen atoms in total. The van der Waals surface area contributed by atoms with Gasteiger partial charge in [0.2, 0.25) is 0 Å². The van der Waals surface area contributed by atoms with Gasteiger partial charge in [-0.25, -0.2) is 0 Å². The van der Waals surface area contributed by atoms with Crippen LogP contribution in [0.4, 0.5) is 0 Å². The Labute approximate surface area is 162 Å². The fourth-order valence-electron chi connectivity index (χ4n) is 2.30. The van der Waals surface area contributed by atoms with Crippen molar-refractivity contribution in [2.75, 3.05) is 0 Å². The Bertz CT molecular complexity index is 922. The van der Waals surface area contributed by atoms with Crippen LogP contribution in [0.15, 0.2) is 70.2 Å². The molecule has 2 N–H and O–H groups in total. The van der Waals surface area contributed by atoms with Gasteiger partial charge in [0, 0.05) is 17.1 Å². The minimum Gasteiger partial charge on any atom is -0.455 e. The fourth-order valence-corrected chi connectivity index (χ4v) is 2.60. The van der Waals surface area contributed by atoms with Crippen LogP contribution in [0.25, 0.3) is 11.3 Å². The van der Waals surface area contributed by atoms with Crippen molar-refractivity contribution < 1.29 is 4.42 Å². The number of aryl methyl sites for hydroxylation is 1. The van der Waals surface area contributed by atoms with E-state index in [4.69, 9.17) is 28.2 Å². The molecule has 2 aromatic carbocycles. The molecule has 0 amide bonds. The summed E-state index contributed by atoms with van der Waals surface area (Å²) >= 11 is 11.4. The summed E-state index contributed by atoms with van der Waals surface area (Å²) in [6, 6.07) is 19.6. The first-order valence-electron chi connectivity index (χ1n) is 8.09. The van der Waals surface area contributed by atoms with Crippen LogP contribution in [0.1, 0.15) is 16.9 Å². The molecule has 0 radical (unpaired) electrons. The summed E-state index contributed by atoms with van der Waals surface area (Å²) in [4.78, 5) is 0. The first kappa shape index (κ1) is 18.2. The summed E-state index contributed by atoms with van der Waals surface area (Å²) in [6.07, 6.45) is 1.58. The van der Waals surface area contributed by atoms with E-state index in [9.17, 15) is 0 Å². The van der Waals surface area contributed by atoms with E-state index in [2.05, 4.69) is 15.8 Å². The molecular formula is C20H18ClN3OS. The number of hydrazone groups is 1. The number of halogens is 1. The first-order valence-corrected chi connectivity index (χ1v) is 8.87. The molecule has 0 unspecified atom stereocenters. The number of nitrogens with one attached hydrogen (secondary N) is 2. The normalized spacial score (nSPS) is 10.8. The second-order valence-electron chi connectivity index (χ2n) is 5.70. The predicted octanol–water partition coefficient (Wildman–Crippen LogP) is 4.91. The van der Waals surface area contributed by atoms with Gasteiger partial charge in [0.15, 0.2) is 5.11 Å². The second kappa shape index (κ2) is 8.65. The van der Waals surface area contributed by atoms with Crippen LogP contribution in [-0.2, 0) is 6.54 Å². The quantitative estimate of drug-likeness (QED) is 0.373. The van der Waals surface area contributed by atoms with Gasteiger partial charge in [-0.1, -0.05) is 54.1 Å². The molecule has 0 bridgehead atoms. The van der Waals surface area contributed by atoms with E-state index in [-0.39, 0.29) is 0 Å². The Morgan fingerprint density at radius 3 is 2.73 bits per heavy atom. The van der Waals surface area contributed by atoms with Crippen LogP contribution >= 0.6 is 23.8 Å².